The molecule has 100 valence electrons. The number of hydrogen-bond acceptors (Lipinski definition) is 1. The van der Waals surface area contributed by atoms with Gasteiger partial charge >= 0.3 is 0 Å². The molecule has 1 aliphatic carbocycles. The molecule has 1 saturated carbocycles. The van der Waals surface area contributed by atoms with E-state index in [0.717, 1.165) is 28.9 Å². The highest BCUT2D eigenvalue weighted by molar-refractivity contribution is 9.10. The van der Waals surface area contributed by atoms with Crippen LogP contribution in [0.5, 0.6) is 0 Å². The summed E-state index contributed by atoms with van der Waals surface area (Å²) >= 11 is 3.38. The molecule has 1 aromatic rings. The zero-order valence-corrected chi connectivity index (χ0v) is 12.5. The van der Waals surface area contributed by atoms with E-state index >= 15 is 0 Å². The van der Waals surface area contributed by atoms with Crippen molar-refractivity contribution in [3.05, 3.63) is 34.1 Å². The first-order valence-corrected chi connectivity index (χ1v) is 7.67. The van der Waals surface area contributed by atoms with Gasteiger partial charge in [-0.05, 0) is 42.6 Å². The normalized spacial score (nSPS) is 18.2. The summed E-state index contributed by atoms with van der Waals surface area (Å²) in [4.78, 5) is 0. The van der Waals surface area contributed by atoms with E-state index in [-0.39, 0.29) is 11.9 Å². The van der Waals surface area contributed by atoms with Gasteiger partial charge in [-0.1, -0.05) is 48.5 Å². The van der Waals surface area contributed by atoms with E-state index < -0.39 is 0 Å². The molecule has 0 saturated heterocycles. The Kier molecular flexibility index (Phi) is 5.19. The van der Waals surface area contributed by atoms with E-state index in [2.05, 4.69) is 28.2 Å². The zero-order chi connectivity index (χ0) is 13.0. The molecule has 1 nitrogen and oxygen atoms in total. The molecule has 1 N–H and O–H groups in total. The predicted molar refractivity (Wildman–Crippen MR) is 77.1 cm³/mol. The fourth-order valence-corrected chi connectivity index (χ4v) is 3.42. The van der Waals surface area contributed by atoms with Crippen molar-refractivity contribution in [2.45, 2.75) is 45.1 Å². The van der Waals surface area contributed by atoms with E-state index in [1.807, 2.05) is 6.07 Å². The fraction of sp³-hybridized carbons (Fsp3) is 0.600. The largest absolute Gasteiger partial charge is 0.310 e. The second kappa shape index (κ2) is 6.67. The van der Waals surface area contributed by atoms with E-state index in [9.17, 15) is 4.39 Å². The van der Waals surface area contributed by atoms with Crippen LogP contribution in [-0.2, 0) is 0 Å². The molecule has 1 unspecified atom stereocenters. The highest BCUT2D eigenvalue weighted by Crippen LogP contribution is 2.33. The van der Waals surface area contributed by atoms with Crippen molar-refractivity contribution >= 4 is 15.9 Å². The number of hydrogen-bond donors (Lipinski definition) is 1. The van der Waals surface area contributed by atoms with E-state index in [0.29, 0.717) is 0 Å². The molecule has 0 bridgehead atoms. The van der Waals surface area contributed by atoms with Gasteiger partial charge in [-0.3, -0.25) is 0 Å². The van der Waals surface area contributed by atoms with E-state index in [1.54, 1.807) is 6.07 Å². The smallest absolute Gasteiger partial charge is 0.124 e. The summed E-state index contributed by atoms with van der Waals surface area (Å²) in [5, 5.41) is 3.49. The van der Waals surface area contributed by atoms with Gasteiger partial charge in [0.15, 0.2) is 0 Å². The molecule has 18 heavy (non-hydrogen) atoms. The number of benzene rings is 1. The standard InChI is InChI=1S/C15H21BrFN/c1-2-18-15(7-11-5-3-4-6-11)12-8-13(16)10-14(17)9-12/h8-11,15,18H,2-7H2,1H3. The maximum atomic E-state index is 13.5. The summed E-state index contributed by atoms with van der Waals surface area (Å²) in [6.07, 6.45) is 6.51. The molecule has 3 heteroatoms. The van der Waals surface area contributed by atoms with Gasteiger partial charge in [0, 0.05) is 10.5 Å². The Labute approximate surface area is 117 Å². The van der Waals surface area contributed by atoms with E-state index in [1.165, 1.54) is 31.7 Å². The maximum Gasteiger partial charge on any atom is 0.124 e. The Morgan fingerprint density at radius 2 is 2.06 bits per heavy atom. The second-order valence-corrected chi connectivity index (χ2v) is 6.11. The molecule has 0 aliphatic heterocycles. The monoisotopic (exact) mass is 313 g/mol. The van der Waals surface area contributed by atoms with E-state index in [4.69, 9.17) is 0 Å². The van der Waals surface area contributed by atoms with Crippen LogP contribution in [-0.4, -0.2) is 6.54 Å². The summed E-state index contributed by atoms with van der Waals surface area (Å²) < 4.78 is 14.3. The van der Waals surface area contributed by atoms with Gasteiger partial charge in [-0.25, -0.2) is 4.39 Å². The molecule has 1 aromatic carbocycles. The minimum absolute atomic E-state index is 0.159. The summed E-state index contributed by atoms with van der Waals surface area (Å²) in [5.41, 5.74) is 1.07. The first kappa shape index (κ1) is 14.0. The first-order valence-electron chi connectivity index (χ1n) is 6.88. The molecular weight excluding hydrogens is 293 g/mol. The van der Waals surface area contributed by atoms with Gasteiger partial charge < -0.3 is 5.32 Å². The van der Waals surface area contributed by atoms with Crippen molar-refractivity contribution in [1.29, 1.82) is 0 Å². The highest BCUT2D eigenvalue weighted by atomic mass is 79.9. The first-order chi connectivity index (χ1) is 8.69. The second-order valence-electron chi connectivity index (χ2n) is 5.20. The molecule has 0 spiro atoms. The summed E-state index contributed by atoms with van der Waals surface area (Å²) in [6.45, 7) is 3.03. The Balaban J connectivity index is 2.11. The van der Waals surface area contributed by atoms with Crippen molar-refractivity contribution in [3.8, 4) is 0 Å². The average molecular weight is 314 g/mol. The molecular formula is C15H21BrFN. The average Bonchev–Trinajstić information content (AvgIpc) is 2.80. The molecule has 0 heterocycles. The Morgan fingerprint density at radius 1 is 1.33 bits per heavy atom. The van der Waals surface area contributed by atoms with Crippen LogP contribution in [0.1, 0.15) is 50.6 Å². The van der Waals surface area contributed by atoms with Crippen LogP contribution in [0, 0.1) is 11.7 Å². The third kappa shape index (κ3) is 3.79. The van der Waals surface area contributed by atoms with Crippen LogP contribution in [0.3, 0.4) is 0 Å². The number of nitrogens with one attached hydrogen (secondary N) is 1. The predicted octanol–water partition coefficient (Wildman–Crippen LogP) is 4.82. The molecule has 0 amide bonds. The van der Waals surface area contributed by atoms with Gasteiger partial charge in [0.05, 0.1) is 0 Å². The lowest BCUT2D eigenvalue weighted by Gasteiger charge is -2.22. The lowest BCUT2D eigenvalue weighted by molar-refractivity contribution is 0.399. The summed E-state index contributed by atoms with van der Waals surface area (Å²) in [5.74, 6) is 0.643. The highest BCUT2D eigenvalue weighted by Gasteiger charge is 2.21. The van der Waals surface area contributed by atoms with Crippen LogP contribution in [0.2, 0.25) is 0 Å². The van der Waals surface area contributed by atoms with Crippen molar-refractivity contribution in [3.63, 3.8) is 0 Å². The molecule has 0 aromatic heterocycles. The fourth-order valence-electron chi connectivity index (χ4n) is 2.94. The molecule has 2 rings (SSSR count). The minimum Gasteiger partial charge on any atom is -0.310 e. The Hall–Kier alpha value is -0.410. The minimum atomic E-state index is -0.159. The van der Waals surface area contributed by atoms with Gasteiger partial charge in [-0.2, -0.15) is 0 Å². The van der Waals surface area contributed by atoms with Crippen LogP contribution in [0.4, 0.5) is 4.39 Å². The molecule has 1 aliphatic rings. The van der Waals surface area contributed by atoms with Crippen LogP contribution < -0.4 is 5.32 Å². The summed E-state index contributed by atoms with van der Waals surface area (Å²) in [7, 11) is 0. The number of rotatable bonds is 5. The Bertz CT molecular complexity index is 368. The number of halogens is 2. The molecule has 1 atom stereocenters. The SMILES string of the molecule is CCNC(CC1CCCC1)c1cc(F)cc(Br)c1. The van der Waals surface area contributed by atoms with Gasteiger partial charge in [0.2, 0.25) is 0 Å². The van der Waals surface area contributed by atoms with Crippen LogP contribution >= 0.6 is 15.9 Å². The Morgan fingerprint density at radius 3 is 2.67 bits per heavy atom. The van der Waals surface area contributed by atoms with Gasteiger partial charge in [0.1, 0.15) is 5.82 Å². The zero-order valence-electron chi connectivity index (χ0n) is 10.9. The molecule has 1 fully saturated rings. The summed E-state index contributed by atoms with van der Waals surface area (Å²) in [6, 6.07) is 5.49. The topological polar surface area (TPSA) is 12.0 Å². The van der Waals surface area contributed by atoms with Crippen LogP contribution in [0.15, 0.2) is 22.7 Å². The lowest BCUT2D eigenvalue weighted by Crippen LogP contribution is -2.23. The third-order valence-corrected chi connectivity index (χ3v) is 4.24. The lowest BCUT2D eigenvalue weighted by atomic mass is 9.93. The van der Waals surface area contributed by atoms with Crippen molar-refractivity contribution in [1.82, 2.24) is 5.32 Å². The van der Waals surface area contributed by atoms with Gasteiger partial charge in [-0.15, -0.1) is 0 Å². The maximum absolute atomic E-state index is 13.5. The van der Waals surface area contributed by atoms with Crippen LogP contribution in [0.25, 0.3) is 0 Å². The van der Waals surface area contributed by atoms with Gasteiger partial charge in [0.25, 0.3) is 0 Å². The van der Waals surface area contributed by atoms with Crippen molar-refractivity contribution in [2.75, 3.05) is 6.54 Å². The molecule has 0 radical (unpaired) electrons. The quantitative estimate of drug-likeness (QED) is 0.821. The van der Waals surface area contributed by atoms with Crippen molar-refractivity contribution in [2.24, 2.45) is 5.92 Å². The van der Waals surface area contributed by atoms with Crippen molar-refractivity contribution < 1.29 is 4.39 Å². The third-order valence-electron chi connectivity index (χ3n) is 3.78.